The SMILES string of the molecule is O=C(NCCC1CCCC1)[C@@H]1CC(=O)N([C@H]2CCS(=O)(=O)C2)C1. The van der Waals surface area contributed by atoms with Gasteiger partial charge in [0, 0.05) is 25.6 Å². The number of nitrogens with one attached hydrogen (secondary N) is 1. The van der Waals surface area contributed by atoms with E-state index in [0.717, 1.165) is 12.3 Å². The van der Waals surface area contributed by atoms with E-state index in [2.05, 4.69) is 5.32 Å². The minimum atomic E-state index is -3.01. The maximum atomic E-state index is 12.2. The molecular weight excluding hydrogens is 316 g/mol. The number of nitrogens with zero attached hydrogens (tertiary/aromatic N) is 1. The number of amides is 2. The summed E-state index contributed by atoms with van der Waals surface area (Å²) in [6.45, 7) is 1.06. The van der Waals surface area contributed by atoms with E-state index >= 15 is 0 Å². The molecule has 1 aliphatic carbocycles. The maximum Gasteiger partial charge on any atom is 0.225 e. The fourth-order valence-corrected chi connectivity index (χ4v) is 5.85. The Morgan fingerprint density at radius 3 is 2.61 bits per heavy atom. The Morgan fingerprint density at radius 2 is 1.96 bits per heavy atom. The molecule has 3 rings (SSSR count). The molecule has 130 valence electrons. The topological polar surface area (TPSA) is 83.6 Å². The summed E-state index contributed by atoms with van der Waals surface area (Å²) < 4.78 is 23.1. The van der Waals surface area contributed by atoms with Crippen molar-refractivity contribution in [3.05, 3.63) is 0 Å². The van der Waals surface area contributed by atoms with Crippen LogP contribution < -0.4 is 5.32 Å². The molecule has 2 atom stereocenters. The van der Waals surface area contributed by atoms with Crippen molar-refractivity contribution >= 4 is 21.7 Å². The van der Waals surface area contributed by atoms with Crippen molar-refractivity contribution in [2.45, 2.75) is 51.0 Å². The van der Waals surface area contributed by atoms with Crippen molar-refractivity contribution in [3.63, 3.8) is 0 Å². The van der Waals surface area contributed by atoms with Gasteiger partial charge in [0.15, 0.2) is 9.84 Å². The number of carbonyl (C=O) groups excluding carboxylic acids is 2. The van der Waals surface area contributed by atoms with Gasteiger partial charge in [-0.25, -0.2) is 8.42 Å². The molecule has 0 aromatic rings. The first-order chi connectivity index (χ1) is 10.9. The molecule has 0 radical (unpaired) electrons. The standard InChI is InChI=1S/C16H26N2O4S/c19-15-9-13(10-18(15)14-6-8-23(21,22)11-14)16(20)17-7-5-12-3-1-2-4-12/h12-14H,1-11H2,(H,17,20)/t13-,14+/m1/s1. The van der Waals surface area contributed by atoms with Crippen molar-refractivity contribution in [1.82, 2.24) is 10.2 Å². The maximum absolute atomic E-state index is 12.2. The van der Waals surface area contributed by atoms with E-state index in [-0.39, 0.29) is 41.7 Å². The van der Waals surface area contributed by atoms with Gasteiger partial charge in [-0.1, -0.05) is 25.7 Å². The average molecular weight is 342 g/mol. The normalized spacial score (nSPS) is 31.0. The summed E-state index contributed by atoms with van der Waals surface area (Å²) >= 11 is 0. The predicted octanol–water partition coefficient (Wildman–Crippen LogP) is 0.718. The van der Waals surface area contributed by atoms with E-state index in [1.165, 1.54) is 25.7 Å². The molecule has 0 unspecified atom stereocenters. The number of rotatable bonds is 5. The molecular formula is C16H26N2O4S. The van der Waals surface area contributed by atoms with Crippen LogP contribution in [0.2, 0.25) is 0 Å². The molecule has 6 nitrogen and oxygen atoms in total. The summed E-state index contributed by atoms with van der Waals surface area (Å²) in [6.07, 6.45) is 6.88. The monoisotopic (exact) mass is 342 g/mol. The molecule has 7 heteroatoms. The summed E-state index contributed by atoms with van der Waals surface area (Å²) in [5, 5.41) is 2.96. The first-order valence-electron chi connectivity index (χ1n) is 8.72. The summed E-state index contributed by atoms with van der Waals surface area (Å²) in [5.41, 5.74) is 0. The number of hydrogen-bond donors (Lipinski definition) is 1. The molecule has 0 bridgehead atoms. The highest BCUT2D eigenvalue weighted by Gasteiger charge is 2.41. The van der Waals surface area contributed by atoms with E-state index in [4.69, 9.17) is 0 Å². The van der Waals surface area contributed by atoms with Gasteiger partial charge >= 0.3 is 0 Å². The minimum Gasteiger partial charge on any atom is -0.356 e. The number of sulfone groups is 1. The Morgan fingerprint density at radius 1 is 1.22 bits per heavy atom. The molecule has 23 heavy (non-hydrogen) atoms. The second-order valence-electron chi connectivity index (χ2n) is 7.23. The van der Waals surface area contributed by atoms with Crippen molar-refractivity contribution < 1.29 is 18.0 Å². The Hall–Kier alpha value is -1.11. The predicted molar refractivity (Wildman–Crippen MR) is 86.5 cm³/mol. The van der Waals surface area contributed by atoms with Gasteiger partial charge in [-0.2, -0.15) is 0 Å². The van der Waals surface area contributed by atoms with Gasteiger partial charge in [-0.3, -0.25) is 9.59 Å². The van der Waals surface area contributed by atoms with Gasteiger partial charge < -0.3 is 10.2 Å². The molecule has 0 aromatic heterocycles. The Labute approximate surface area is 137 Å². The Bertz CT molecular complexity index is 569. The van der Waals surface area contributed by atoms with Crippen LogP contribution in [0.3, 0.4) is 0 Å². The molecule has 2 heterocycles. The highest BCUT2D eigenvalue weighted by molar-refractivity contribution is 7.91. The third kappa shape index (κ3) is 4.05. The van der Waals surface area contributed by atoms with Crippen LogP contribution in [0.25, 0.3) is 0 Å². The second kappa shape index (κ2) is 6.79. The number of hydrogen-bond acceptors (Lipinski definition) is 4. The zero-order valence-corrected chi connectivity index (χ0v) is 14.3. The Kier molecular flexibility index (Phi) is 4.94. The lowest BCUT2D eigenvalue weighted by Crippen LogP contribution is -2.39. The number of likely N-dealkylation sites (tertiary alicyclic amines) is 1. The van der Waals surface area contributed by atoms with Gasteiger partial charge in [0.25, 0.3) is 0 Å². The quantitative estimate of drug-likeness (QED) is 0.798. The van der Waals surface area contributed by atoms with Crippen LogP contribution in [0.5, 0.6) is 0 Å². The molecule has 2 amide bonds. The van der Waals surface area contributed by atoms with Crippen LogP contribution in [0, 0.1) is 11.8 Å². The van der Waals surface area contributed by atoms with E-state index in [1.807, 2.05) is 0 Å². The fourth-order valence-electron chi connectivity index (χ4n) is 4.12. The molecule has 3 fully saturated rings. The van der Waals surface area contributed by atoms with Crippen LogP contribution in [0.15, 0.2) is 0 Å². The van der Waals surface area contributed by atoms with Crippen LogP contribution in [0.1, 0.15) is 44.9 Å². The van der Waals surface area contributed by atoms with Crippen molar-refractivity contribution in [1.29, 1.82) is 0 Å². The van der Waals surface area contributed by atoms with Crippen molar-refractivity contribution in [2.24, 2.45) is 11.8 Å². The molecule has 1 N–H and O–H groups in total. The molecule has 2 saturated heterocycles. The zero-order chi connectivity index (χ0) is 16.4. The zero-order valence-electron chi connectivity index (χ0n) is 13.5. The summed E-state index contributed by atoms with van der Waals surface area (Å²) in [5.74, 6) is 0.479. The van der Waals surface area contributed by atoms with Gasteiger partial charge in [0.05, 0.1) is 17.4 Å². The summed E-state index contributed by atoms with van der Waals surface area (Å²) in [6, 6.07) is -0.233. The third-order valence-corrected chi connectivity index (χ3v) is 7.26. The lowest BCUT2D eigenvalue weighted by Gasteiger charge is -2.23. The van der Waals surface area contributed by atoms with E-state index in [0.29, 0.717) is 19.5 Å². The summed E-state index contributed by atoms with van der Waals surface area (Å²) in [7, 11) is -3.01. The van der Waals surface area contributed by atoms with E-state index in [1.54, 1.807) is 4.90 Å². The van der Waals surface area contributed by atoms with Crippen LogP contribution >= 0.6 is 0 Å². The lowest BCUT2D eigenvalue weighted by atomic mass is 10.0. The first kappa shape index (κ1) is 16.7. The van der Waals surface area contributed by atoms with Crippen LogP contribution in [0.4, 0.5) is 0 Å². The molecule has 0 spiro atoms. The number of carbonyl (C=O) groups is 2. The van der Waals surface area contributed by atoms with E-state index < -0.39 is 9.84 Å². The van der Waals surface area contributed by atoms with E-state index in [9.17, 15) is 18.0 Å². The van der Waals surface area contributed by atoms with Crippen molar-refractivity contribution in [2.75, 3.05) is 24.6 Å². The third-order valence-electron chi connectivity index (χ3n) is 5.50. The summed E-state index contributed by atoms with van der Waals surface area (Å²) in [4.78, 5) is 26.0. The second-order valence-corrected chi connectivity index (χ2v) is 9.46. The molecule has 3 aliphatic rings. The molecule has 0 aromatic carbocycles. The minimum absolute atomic E-state index is 0.0504. The highest BCUT2D eigenvalue weighted by Crippen LogP contribution is 2.28. The first-order valence-corrected chi connectivity index (χ1v) is 10.5. The van der Waals surface area contributed by atoms with Crippen molar-refractivity contribution in [3.8, 4) is 0 Å². The fraction of sp³-hybridized carbons (Fsp3) is 0.875. The van der Waals surface area contributed by atoms with Gasteiger partial charge in [0.1, 0.15) is 0 Å². The smallest absolute Gasteiger partial charge is 0.225 e. The largest absolute Gasteiger partial charge is 0.356 e. The Balaban J connectivity index is 1.46. The average Bonchev–Trinajstić information content (AvgIpc) is 3.19. The molecule has 1 saturated carbocycles. The van der Waals surface area contributed by atoms with Gasteiger partial charge in [0.2, 0.25) is 11.8 Å². The highest BCUT2D eigenvalue weighted by atomic mass is 32.2. The van der Waals surface area contributed by atoms with Crippen LogP contribution in [-0.2, 0) is 19.4 Å². The van der Waals surface area contributed by atoms with Crippen LogP contribution in [-0.4, -0.2) is 55.8 Å². The van der Waals surface area contributed by atoms with Gasteiger partial charge in [-0.15, -0.1) is 0 Å². The van der Waals surface area contributed by atoms with Gasteiger partial charge in [-0.05, 0) is 18.8 Å². The molecule has 2 aliphatic heterocycles. The lowest BCUT2D eigenvalue weighted by molar-refractivity contribution is -0.130.